The van der Waals surface area contributed by atoms with E-state index in [1.807, 2.05) is 34.6 Å². The zero-order chi connectivity index (χ0) is 30.3. The third kappa shape index (κ3) is 14.0. The quantitative estimate of drug-likeness (QED) is 0.394. The fourth-order valence-corrected chi connectivity index (χ4v) is 3.10. The summed E-state index contributed by atoms with van der Waals surface area (Å²) in [5, 5.41) is 17.4. The molecule has 2 amide bonds. The fraction of sp³-hybridized carbons (Fsp3) is 0.556. The van der Waals surface area contributed by atoms with Crippen LogP contribution in [0.25, 0.3) is 11.5 Å². The van der Waals surface area contributed by atoms with Gasteiger partial charge in [0, 0.05) is 18.1 Å². The van der Waals surface area contributed by atoms with Crippen LogP contribution in [0.5, 0.6) is 5.75 Å². The molecular formula is C27H42N4O8. The number of esters is 1. The monoisotopic (exact) mass is 550 g/mol. The van der Waals surface area contributed by atoms with E-state index in [9.17, 15) is 19.2 Å². The number of ether oxygens (including phenoxy) is 2. The summed E-state index contributed by atoms with van der Waals surface area (Å²) in [4.78, 5) is 49.8. The number of carboxylic acids is 1. The van der Waals surface area contributed by atoms with Gasteiger partial charge >= 0.3 is 11.9 Å². The number of carboxylic acid groups (broad SMARTS) is 1. The molecular weight excluding hydrogens is 508 g/mol. The molecule has 12 heteroatoms. The number of aryl methyl sites for hydroxylation is 1. The average Bonchev–Trinajstić information content (AvgIpc) is 3.27. The topological polar surface area (TPSA) is 170 Å². The molecule has 1 heterocycles. The first-order valence-corrected chi connectivity index (χ1v) is 12.6. The Balaban J connectivity index is 0.00000124. The van der Waals surface area contributed by atoms with E-state index < -0.39 is 30.4 Å². The molecule has 1 atom stereocenters. The molecule has 0 fully saturated rings. The van der Waals surface area contributed by atoms with Crippen molar-refractivity contribution in [3.63, 3.8) is 0 Å². The number of nitrogens with zero attached hydrogens (tertiary/aromatic N) is 2. The van der Waals surface area contributed by atoms with Crippen molar-refractivity contribution in [2.75, 3.05) is 13.7 Å². The summed E-state index contributed by atoms with van der Waals surface area (Å²) in [6.07, 6.45) is -0.0560. The lowest BCUT2D eigenvalue weighted by Crippen LogP contribution is -2.51. The van der Waals surface area contributed by atoms with Crippen LogP contribution in [0.2, 0.25) is 0 Å². The molecule has 1 aromatic heterocycles. The van der Waals surface area contributed by atoms with Crippen LogP contribution in [0, 0.1) is 12.8 Å². The molecule has 0 saturated heterocycles. The van der Waals surface area contributed by atoms with Crippen LogP contribution in [0.15, 0.2) is 22.7 Å². The number of hydrogen-bond donors (Lipinski definition) is 3. The second-order valence-electron chi connectivity index (χ2n) is 9.46. The van der Waals surface area contributed by atoms with Crippen molar-refractivity contribution in [2.45, 2.75) is 80.4 Å². The highest BCUT2D eigenvalue weighted by atomic mass is 16.6. The molecule has 1 aromatic carbocycles. The number of hydrogen-bond acceptors (Lipinski definition) is 9. The number of rotatable bonds is 9. The lowest BCUT2D eigenvalue weighted by atomic mass is 10.0. The van der Waals surface area contributed by atoms with E-state index in [1.165, 1.54) is 14.0 Å². The van der Waals surface area contributed by atoms with Crippen molar-refractivity contribution in [3.05, 3.63) is 29.6 Å². The summed E-state index contributed by atoms with van der Waals surface area (Å²) >= 11 is 0. The number of benzene rings is 1. The molecule has 0 radical (unpaired) electrons. The molecule has 218 valence electrons. The van der Waals surface area contributed by atoms with Crippen LogP contribution < -0.4 is 15.4 Å². The van der Waals surface area contributed by atoms with E-state index in [1.54, 1.807) is 39.0 Å². The smallest absolute Gasteiger partial charge is 0.322 e. The minimum Gasteiger partial charge on any atom is -0.496 e. The van der Waals surface area contributed by atoms with Crippen molar-refractivity contribution in [2.24, 2.45) is 5.92 Å². The Labute approximate surface area is 229 Å². The molecule has 0 saturated carbocycles. The number of nitrogens with one attached hydrogen (secondary N) is 2. The van der Waals surface area contributed by atoms with Gasteiger partial charge in [-0.15, -0.1) is 0 Å². The first-order chi connectivity index (χ1) is 18.1. The lowest BCUT2D eigenvalue weighted by molar-refractivity contribution is -0.152. The van der Waals surface area contributed by atoms with Gasteiger partial charge in [0.1, 0.15) is 23.9 Å². The van der Waals surface area contributed by atoms with Gasteiger partial charge in [-0.3, -0.25) is 19.2 Å². The van der Waals surface area contributed by atoms with Crippen molar-refractivity contribution in [1.29, 1.82) is 0 Å². The Hall–Kier alpha value is -3.96. The summed E-state index contributed by atoms with van der Waals surface area (Å²) in [5.74, 6) is -1.28. The largest absolute Gasteiger partial charge is 0.496 e. The second kappa shape index (κ2) is 16.8. The number of carbonyl (C=O) groups is 4. The Morgan fingerprint density at radius 2 is 1.74 bits per heavy atom. The number of methoxy groups -OCH3 is 1. The number of aromatic nitrogens is 2. The Kier molecular flexibility index (Phi) is 15.1. The second-order valence-corrected chi connectivity index (χ2v) is 9.46. The highest BCUT2D eigenvalue weighted by Gasteiger charge is 2.25. The van der Waals surface area contributed by atoms with Gasteiger partial charge in [-0.25, -0.2) is 0 Å². The van der Waals surface area contributed by atoms with Gasteiger partial charge in [-0.05, 0) is 51.8 Å². The summed E-state index contributed by atoms with van der Waals surface area (Å²) in [7, 11) is 1.49. The van der Waals surface area contributed by atoms with E-state index in [0.29, 0.717) is 28.6 Å². The third-order valence-electron chi connectivity index (χ3n) is 4.54. The minimum absolute atomic E-state index is 0.0560. The van der Waals surface area contributed by atoms with Crippen molar-refractivity contribution in [1.82, 2.24) is 20.8 Å². The molecule has 0 aliphatic rings. The average molecular weight is 551 g/mol. The standard InChI is InChI=1S/C19H24N4O6.C6H12O2.C2H6/c1-10(2)17(18(27)20-9-16(25)26)22-15(24)8-13-7-12(5-6-14(13)28-4)19-21-11(3)23-29-19;1-5(7)8-6(2,3)4;1-2/h5-7,10,17H,8-9H2,1-4H3,(H,20,27)(H,22,24)(H,25,26);1-4H3;1-2H3. The van der Waals surface area contributed by atoms with Gasteiger partial charge < -0.3 is 29.7 Å². The van der Waals surface area contributed by atoms with Gasteiger partial charge in [0.15, 0.2) is 5.82 Å². The van der Waals surface area contributed by atoms with Gasteiger partial charge in [0.25, 0.3) is 5.89 Å². The van der Waals surface area contributed by atoms with Crippen molar-refractivity contribution < 1.29 is 38.3 Å². The maximum absolute atomic E-state index is 12.6. The van der Waals surface area contributed by atoms with Crippen molar-refractivity contribution in [3.8, 4) is 17.2 Å². The van der Waals surface area contributed by atoms with E-state index in [4.69, 9.17) is 19.1 Å². The van der Waals surface area contributed by atoms with Crippen LogP contribution in [0.1, 0.15) is 66.8 Å². The molecule has 3 N–H and O–H groups in total. The van der Waals surface area contributed by atoms with Gasteiger partial charge in [0.2, 0.25) is 11.8 Å². The lowest BCUT2D eigenvalue weighted by Gasteiger charge is -2.21. The third-order valence-corrected chi connectivity index (χ3v) is 4.54. The normalized spacial score (nSPS) is 11.2. The van der Waals surface area contributed by atoms with Crippen LogP contribution in [0.3, 0.4) is 0 Å². The summed E-state index contributed by atoms with van der Waals surface area (Å²) < 4.78 is 15.3. The first-order valence-electron chi connectivity index (χ1n) is 12.6. The molecule has 2 aromatic rings. The summed E-state index contributed by atoms with van der Waals surface area (Å²) in [6.45, 7) is 15.6. The maximum atomic E-state index is 12.6. The molecule has 0 aliphatic carbocycles. The number of carbonyl (C=O) groups excluding carboxylic acids is 3. The Bertz CT molecular complexity index is 1090. The van der Waals surface area contributed by atoms with E-state index >= 15 is 0 Å². The van der Waals surface area contributed by atoms with Crippen LogP contribution in [0.4, 0.5) is 0 Å². The highest BCUT2D eigenvalue weighted by Crippen LogP contribution is 2.26. The van der Waals surface area contributed by atoms with Crippen LogP contribution in [-0.4, -0.2) is 64.3 Å². The van der Waals surface area contributed by atoms with Crippen molar-refractivity contribution >= 4 is 23.8 Å². The molecule has 2 rings (SSSR count). The minimum atomic E-state index is -1.16. The predicted octanol–water partition coefficient (Wildman–Crippen LogP) is 3.31. The van der Waals surface area contributed by atoms with Crippen LogP contribution in [-0.2, 0) is 30.3 Å². The summed E-state index contributed by atoms with van der Waals surface area (Å²) in [5.41, 5.74) is 0.881. The van der Waals surface area contributed by atoms with E-state index in [0.717, 1.165) is 0 Å². The Morgan fingerprint density at radius 3 is 2.15 bits per heavy atom. The van der Waals surface area contributed by atoms with Gasteiger partial charge in [-0.1, -0.05) is 32.9 Å². The zero-order valence-electron chi connectivity index (χ0n) is 24.5. The zero-order valence-corrected chi connectivity index (χ0v) is 24.5. The SMILES string of the molecule is CC.CC(=O)OC(C)(C)C.COc1ccc(-c2nc(C)no2)cc1CC(=O)NC(C(=O)NCC(=O)O)C(C)C. The molecule has 0 aliphatic heterocycles. The number of amides is 2. The number of aliphatic carboxylic acids is 1. The van der Waals surface area contributed by atoms with Crippen LogP contribution >= 0.6 is 0 Å². The molecule has 1 unspecified atom stereocenters. The van der Waals surface area contributed by atoms with Gasteiger partial charge in [-0.2, -0.15) is 4.98 Å². The Morgan fingerprint density at radius 1 is 1.13 bits per heavy atom. The van der Waals surface area contributed by atoms with E-state index in [2.05, 4.69) is 20.8 Å². The predicted molar refractivity (Wildman–Crippen MR) is 145 cm³/mol. The van der Waals surface area contributed by atoms with Gasteiger partial charge in [0.05, 0.1) is 13.5 Å². The summed E-state index contributed by atoms with van der Waals surface area (Å²) in [6, 6.07) is 4.27. The molecule has 39 heavy (non-hydrogen) atoms. The fourth-order valence-electron chi connectivity index (χ4n) is 3.10. The van der Waals surface area contributed by atoms with E-state index in [-0.39, 0.29) is 23.9 Å². The maximum Gasteiger partial charge on any atom is 0.322 e. The molecule has 0 spiro atoms. The highest BCUT2D eigenvalue weighted by molar-refractivity contribution is 5.90. The molecule has 0 bridgehead atoms. The molecule has 12 nitrogen and oxygen atoms in total. The first kappa shape index (κ1) is 35.0.